The molecule has 9 heteroatoms. The van der Waals surface area contributed by atoms with E-state index in [9.17, 15) is 9.18 Å². The average molecular weight is 413 g/mol. The Morgan fingerprint density at radius 1 is 1.46 bits per heavy atom. The van der Waals surface area contributed by atoms with E-state index in [2.05, 4.69) is 31.2 Å². The maximum absolute atomic E-state index is 13.2. The summed E-state index contributed by atoms with van der Waals surface area (Å²) >= 11 is 4.32. The van der Waals surface area contributed by atoms with Gasteiger partial charge in [-0.15, -0.1) is 0 Å². The Bertz CT molecular complexity index is 792. The minimum absolute atomic E-state index is 0.0897. The van der Waals surface area contributed by atoms with Crippen LogP contribution in [0.5, 0.6) is 0 Å². The zero-order chi connectivity index (χ0) is 17.1. The van der Waals surface area contributed by atoms with Gasteiger partial charge in [0.15, 0.2) is 16.6 Å². The molecule has 0 bridgehead atoms. The SMILES string of the molecule is NC(=Nc1ccc(F)c(Br)c1)c1nonc1SCC(=O)CC1CC1. The van der Waals surface area contributed by atoms with Crippen molar-refractivity contribution in [1.82, 2.24) is 10.3 Å². The van der Waals surface area contributed by atoms with E-state index in [0.29, 0.717) is 28.8 Å². The van der Waals surface area contributed by atoms with Crippen molar-refractivity contribution in [1.29, 1.82) is 0 Å². The number of Topliss-reactive ketones (excluding diaryl/α,β-unsaturated/α-hetero) is 1. The van der Waals surface area contributed by atoms with E-state index in [1.807, 2.05) is 0 Å². The average Bonchev–Trinajstić information content (AvgIpc) is 3.22. The number of rotatable bonds is 7. The van der Waals surface area contributed by atoms with Gasteiger partial charge in [-0.1, -0.05) is 11.8 Å². The molecule has 2 aromatic rings. The van der Waals surface area contributed by atoms with Gasteiger partial charge in [-0.05, 0) is 63.2 Å². The van der Waals surface area contributed by atoms with Crippen molar-refractivity contribution in [2.24, 2.45) is 16.6 Å². The second-order valence-electron chi connectivity index (χ2n) is 5.49. The molecule has 1 aromatic heterocycles. The van der Waals surface area contributed by atoms with Crippen molar-refractivity contribution in [2.75, 3.05) is 5.75 Å². The summed E-state index contributed by atoms with van der Waals surface area (Å²) in [5, 5.41) is 7.93. The van der Waals surface area contributed by atoms with E-state index in [4.69, 9.17) is 10.4 Å². The smallest absolute Gasteiger partial charge is 0.183 e. The van der Waals surface area contributed by atoms with Gasteiger partial charge >= 0.3 is 0 Å². The van der Waals surface area contributed by atoms with Crippen molar-refractivity contribution in [3.8, 4) is 0 Å². The van der Waals surface area contributed by atoms with E-state index in [0.717, 1.165) is 12.8 Å². The third kappa shape index (κ3) is 4.41. The molecule has 2 N–H and O–H groups in total. The number of aliphatic imine (C=N–C) groups is 1. The van der Waals surface area contributed by atoms with Crippen molar-refractivity contribution < 1.29 is 13.8 Å². The van der Waals surface area contributed by atoms with Crippen LogP contribution in [-0.4, -0.2) is 27.7 Å². The molecule has 1 aliphatic rings. The molecule has 1 heterocycles. The first-order chi connectivity index (χ1) is 11.5. The largest absolute Gasteiger partial charge is 0.382 e. The second-order valence-corrected chi connectivity index (χ2v) is 7.31. The van der Waals surface area contributed by atoms with Crippen LogP contribution in [0.25, 0.3) is 0 Å². The number of hydrogen-bond donors (Lipinski definition) is 1. The topological polar surface area (TPSA) is 94.4 Å². The second kappa shape index (κ2) is 7.43. The Kier molecular flexibility index (Phi) is 5.30. The van der Waals surface area contributed by atoms with Crippen molar-refractivity contribution in [3.63, 3.8) is 0 Å². The molecule has 0 spiro atoms. The summed E-state index contributed by atoms with van der Waals surface area (Å²) < 4.78 is 18.2. The quantitative estimate of drug-likeness (QED) is 0.424. The Morgan fingerprint density at radius 2 is 2.25 bits per heavy atom. The number of ketones is 1. The Labute approximate surface area is 150 Å². The van der Waals surface area contributed by atoms with Gasteiger partial charge in [0.2, 0.25) is 0 Å². The monoisotopic (exact) mass is 412 g/mol. The van der Waals surface area contributed by atoms with Crippen molar-refractivity contribution >= 4 is 45.0 Å². The summed E-state index contributed by atoms with van der Waals surface area (Å²) in [6, 6.07) is 4.28. The molecule has 6 nitrogen and oxygen atoms in total. The molecule has 3 rings (SSSR count). The first-order valence-corrected chi connectivity index (χ1v) is 9.07. The minimum Gasteiger partial charge on any atom is -0.382 e. The summed E-state index contributed by atoms with van der Waals surface area (Å²) in [4.78, 5) is 16.0. The summed E-state index contributed by atoms with van der Waals surface area (Å²) in [6.45, 7) is 0. The van der Waals surface area contributed by atoms with Gasteiger partial charge in [-0.3, -0.25) is 4.79 Å². The zero-order valence-corrected chi connectivity index (χ0v) is 14.9. The van der Waals surface area contributed by atoms with Gasteiger partial charge in [0.05, 0.1) is 15.9 Å². The molecule has 126 valence electrons. The molecule has 0 atom stereocenters. The number of aromatic nitrogens is 2. The molecule has 0 unspecified atom stereocenters. The third-order valence-electron chi connectivity index (χ3n) is 3.44. The van der Waals surface area contributed by atoms with Gasteiger partial charge in [-0.2, -0.15) is 0 Å². The van der Waals surface area contributed by atoms with Crippen molar-refractivity contribution in [2.45, 2.75) is 24.3 Å². The highest BCUT2D eigenvalue weighted by atomic mass is 79.9. The third-order valence-corrected chi connectivity index (χ3v) is 5.05. The fourth-order valence-electron chi connectivity index (χ4n) is 2.03. The molecule has 0 radical (unpaired) electrons. The summed E-state index contributed by atoms with van der Waals surface area (Å²) in [5.74, 6) is 0.728. The summed E-state index contributed by atoms with van der Waals surface area (Å²) in [6.07, 6.45) is 2.89. The number of nitrogens with zero attached hydrogens (tertiary/aromatic N) is 3. The fourth-order valence-corrected chi connectivity index (χ4v) is 3.18. The normalized spacial score (nSPS) is 14.8. The zero-order valence-electron chi connectivity index (χ0n) is 12.5. The van der Waals surface area contributed by atoms with Crippen LogP contribution in [0.3, 0.4) is 0 Å². The Balaban J connectivity index is 1.69. The molecular weight excluding hydrogens is 399 g/mol. The first-order valence-electron chi connectivity index (χ1n) is 7.29. The van der Waals surface area contributed by atoms with Crippen LogP contribution in [0.2, 0.25) is 0 Å². The summed E-state index contributed by atoms with van der Waals surface area (Å²) in [7, 11) is 0. The van der Waals surface area contributed by atoms with E-state index in [-0.39, 0.29) is 27.6 Å². The number of halogens is 2. The Morgan fingerprint density at radius 3 is 2.96 bits per heavy atom. The van der Waals surface area contributed by atoms with Gasteiger partial charge in [0.1, 0.15) is 11.6 Å². The number of carbonyl (C=O) groups excluding carboxylic acids is 1. The molecule has 1 saturated carbocycles. The number of benzene rings is 1. The molecule has 1 aromatic carbocycles. The maximum Gasteiger partial charge on any atom is 0.183 e. The lowest BCUT2D eigenvalue weighted by Crippen LogP contribution is -2.15. The predicted molar refractivity (Wildman–Crippen MR) is 91.9 cm³/mol. The standard InChI is InChI=1S/C15H14BrFN4O2S/c16-11-6-9(3-4-12(11)17)19-14(18)13-15(21-23-20-13)24-7-10(22)5-8-1-2-8/h3-4,6,8H,1-2,5,7H2,(H2,18,19). The van der Waals surface area contributed by atoms with Gasteiger partial charge in [0, 0.05) is 6.42 Å². The number of carbonyl (C=O) groups is 1. The molecule has 1 fully saturated rings. The molecule has 0 aliphatic heterocycles. The minimum atomic E-state index is -0.388. The van der Waals surface area contributed by atoms with Crippen LogP contribution >= 0.6 is 27.7 Å². The number of hydrogen-bond acceptors (Lipinski definition) is 6. The van der Waals surface area contributed by atoms with E-state index < -0.39 is 0 Å². The number of amidine groups is 1. The number of thioether (sulfide) groups is 1. The number of nitrogens with two attached hydrogens (primary N) is 1. The lowest BCUT2D eigenvalue weighted by molar-refractivity contribution is -0.116. The van der Waals surface area contributed by atoms with Crippen LogP contribution in [0.15, 0.2) is 37.3 Å². The van der Waals surface area contributed by atoms with E-state index >= 15 is 0 Å². The molecule has 24 heavy (non-hydrogen) atoms. The lowest BCUT2D eigenvalue weighted by atomic mass is 10.2. The van der Waals surface area contributed by atoms with Crippen LogP contribution < -0.4 is 5.73 Å². The van der Waals surface area contributed by atoms with Crippen LogP contribution in [0, 0.1) is 11.7 Å². The van der Waals surface area contributed by atoms with Gasteiger partial charge in [0.25, 0.3) is 0 Å². The van der Waals surface area contributed by atoms with Gasteiger partial charge in [-0.25, -0.2) is 14.0 Å². The lowest BCUT2D eigenvalue weighted by Gasteiger charge is -2.01. The maximum atomic E-state index is 13.2. The molecule has 1 aliphatic carbocycles. The van der Waals surface area contributed by atoms with Crippen LogP contribution in [0.1, 0.15) is 25.0 Å². The van der Waals surface area contributed by atoms with Crippen LogP contribution in [0.4, 0.5) is 10.1 Å². The highest BCUT2D eigenvalue weighted by molar-refractivity contribution is 9.10. The molecular formula is C15H14BrFN4O2S. The molecule has 0 saturated heterocycles. The summed E-state index contributed by atoms with van der Waals surface area (Å²) in [5.41, 5.74) is 6.68. The highest BCUT2D eigenvalue weighted by Gasteiger charge is 2.25. The molecule has 0 amide bonds. The van der Waals surface area contributed by atoms with Gasteiger partial charge < -0.3 is 5.73 Å². The van der Waals surface area contributed by atoms with E-state index in [1.165, 1.54) is 30.0 Å². The highest BCUT2D eigenvalue weighted by Crippen LogP contribution is 2.33. The van der Waals surface area contributed by atoms with Crippen molar-refractivity contribution in [3.05, 3.63) is 34.2 Å². The Hall–Kier alpha value is -1.74. The fraction of sp³-hybridized carbons (Fsp3) is 0.333. The van der Waals surface area contributed by atoms with E-state index in [1.54, 1.807) is 0 Å². The predicted octanol–water partition coefficient (Wildman–Crippen LogP) is 3.47. The van der Waals surface area contributed by atoms with Crippen LogP contribution in [-0.2, 0) is 4.79 Å². The first kappa shape index (κ1) is 17.1.